The van der Waals surface area contributed by atoms with Crippen molar-refractivity contribution < 1.29 is 0 Å². The van der Waals surface area contributed by atoms with Gasteiger partial charge < -0.3 is 10.2 Å². The molecule has 1 aromatic heterocycles. The van der Waals surface area contributed by atoms with E-state index in [1.165, 1.54) is 19.3 Å². The Kier molecular flexibility index (Phi) is 3.59. The highest BCUT2D eigenvalue weighted by molar-refractivity contribution is 5.44. The predicted molar refractivity (Wildman–Crippen MR) is 67.0 cm³/mol. The lowest BCUT2D eigenvalue weighted by Gasteiger charge is -2.28. The van der Waals surface area contributed by atoms with Crippen LogP contribution in [0.25, 0.3) is 0 Å². The van der Waals surface area contributed by atoms with Crippen LogP contribution in [0.4, 0.5) is 11.8 Å². The number of nitrogens with zero attached hydrogens (tertiary/aromatic N) is 3. The van der Waals surface area contributed by atoms with E-state index in [-0.39, 0.29) is 0 Å². The molecule has 2 rings (SSSR count). The lowest BCUT2D eigenvalue weighted by molar-refractivity contribution is 0.573. The van der Waals surface area contributed by atoms with E-state index in [0.717, 1.165) is 37.1 Å². The minimum absolute atomic E-state index is 0.753. The zero-order valence-corrected chi connectivity index (χ0v) is 10.2. The predicted octanol–water partition coefficient (Wildman–Crippen LogP) is 2.21. The molecule has 1 aromatic rings. The van der Waals surface area contributed by atoms with Gasteiger partial charge in [0.15, 0.2) is 0 Å². The molecule has 0 atom stereocenters. The average molecular weight is 220 g/mol. The monoisotopic (exact) mass is 220 g/mol. The number of rotatable bonds is 3. The van der Waals surface area contributed by atoms with Crippen molar-refractivity contribution >= 4 is 11.8 Å². The molecule has 1 aliphatic heterocycles. The zero-order valence-electron chi connectivity index (χ0n) is 10.2. The lowest BCUT2D eigenvalue weighted by Crippen LogP contribution is -2.30. The Morgan fingerprint density at radius 3 is 2.69 bits per heavy atom. The summed E-state index contributed by atoms with van der Waals surface area (Å²) in [5.74, 6) is 1.83. The number of aromatic nitrogens is 2. The summed E-state index contributed by atoms with van der Waals surface area (Å²) in [6.07, 6.45) is 3.90. The first kappa shape index (κ1) is 11.2. The standard InChI is InChI=1S/C12H20N4/c1-3-13-12-14-10(2)9-11(15-12)16-7-5-4-6-8-16/h9H,3-8H2,1-2H3,(H,13,14,15). The molecular formula is C12H20N4. The van der Waals surface area contributed by atoms with Gasteiger partial charge in [-0.3, -0.25) is 0 Å². The summed E-state index contributed by atoms with van der Waals surface area (Å²) >= 11 is 0. The molecule has 4 nitrogen and oxygen atoms in total. The summed E-state index contributed by atoms with van der Waals surface area (Å²) in [6.45, 7) is 7.20. The first-order valence-electron chi connectivity index (χ1n) is 6.14. The normalized spacial score (nSPS) is 16.2. The lowest BCUT2D eigenvalue weighted by atomic mass is 10.1. The van der Waals surface area contributed by atoms with Gasteiger partial charge in [0.25, 0.3) is 0 Å². The fraction of sp³-hybridized carbons (Fsp3) is 0.667. The summed E-state index contributed by atoms with van der Waals surface area (Å²) in [5, 5.41) is 3.18. The fourth-order valence-electron chi connectivity index (χ4n) is 2.07. The van der Waals surface area contributed by atoms with Crippen LogP contribution in [0.2, 0.25) is 0 Å². The second-order valence-electron chi connectivity index (χ2n) is 4.27. The van der Waals surface area contributed by atoms with E-state index in [0.29, 0.717) is 0 Å². The van der Waals surface area contributed by atoms with Crippen LogP contribution < -0.4 is 10.2 Å². The Bertz CT molecular complexity index is 345. The molecule has 0 amide bonds. The number of aryl methyl sites for hydroxylation is 1. The number of hydrogen-bond acceptors (Lipinski definition) is 4. The van der Waals surface area contributed by atoms with Crippen LogP contribution in [-0.4, -0.2) is 29.6 Å². The van der Waals surface area contributed by atoms with Crippen LogP contribution in [0.3, 0.4) is 0 Å². The largest absolute Gasteiger partial charge is 0.356 e. The highest BCUT2D eigenvalue weighted by atomic mass is 15.2. The van der Waals surface area contributed by atoms with Gasteiger partial charge in [-0.1, -0.05) is 0 Å². The summed E-state index contributed by atoms with van der Waals surface area (Å²) < 4.78 is 0. The third kappa shape index (κ3) is 2.62. The molecule has 0 bridgehead atoms. The van der Waals surface area contributed by atoms with Crippen molar-refractivity contribution in [2.45, 2.75) is 33.1 Å². The van der Waals surface area contributed by atoms with E-state index >= 15 is 0 Å². The molecule has 1 saturated heterocycles. The summed E-state index contributed by atoms with van der Waals surface area (Å²) in [7, 11) is 0. The highest BCUT2D eigenvalue weighted by Crippen LogP contribution is 2.19. The van der Waals surface area contributed by atoms with E-state index in [9.17, 15) is 0 Å². The van der Waals surface area contributed by atoms with Gasteiger partial charge in [-0.15, -0.1) is 0 Å². The van der Waals surface area contributed by atoms with Gasteiger partial charge in [0, 0.05) is 31.4 Å². The molecule has 1 aliphatic rings. The maximum atomic E-state index is 4.55. The maximum Gasteiger partial charge on any atom is 0.224 e. The number of hydrogen-bond donors (Lipinski definition) is 1. The van der Waals surface area contributed by atoms with Crippen molar-refractivity contribution in [3.05, 3.63) is 11.8 Å². The minimum Gasteiger partial charge on any atom is -0.356 e. The molecule has 4 heteroatoms. The van der Waals surface area contributed by atoms with E-state index in [1.807, 2.05) is 6.92 Å². The third-order valence-electron chi connectivity index (χ3n) is 2.86. The molecule has 1 fully saturated rings. The van der Waals surface area contributed by atoms with Crippen molar-refractivity contribution in [3.8, 4) is 0 Å². The summed E-state index contributed by atoms with van der Waals surface area (Å²) in [5.41, 5.74) is 1.03. The molecular weight excluding hydrogens is 200 g/mol. The highest BCUT2D eigenvalue weighted by Gasteiger charge is 2.13. The van der Waals surface area contributed by atoms with Crippen LogP contribution in [0.1, 0.15) is 31.9 Å². The van der Waals surface area contributed by atoms with Crippen molar-refractivity contribution in [3.63, 3.8) is 0 Å². The second-order valence-corrected chi connectivity index (χ2v) is 4.27. The fourth-order valence-corrected chi connectivity index (χ4v) is 2.07. The molecule has 0 radical (unpaired) electrons. The molecule has 0 saturated carbocycles. The van der Waals surface area contributed by atoms with Crippen LogP contribution in [0.15, 0.2) is 6.07 Å². The van der Waals surface area contributed by atoms with Gasteiger partial charge in [-0.25, -0.2) is 4.98 Å². The first-order chi connectivity index (χ1) is 7.79. The molecule has 0 spiro atoms. The quantitative estimate of drug-likeness (QED) is 0.848. The van der Waals surface area contributed by atoms with Gasteiger partial charge in [0.2, 0.25) is 5.95 Å². The Hall–Kier alpha value is -1.32. The number of piperidine rings is 1. The summed E-state index contributed by atoms with van der Waals surface area (Å²) in [4.78, 5) is 11.3. The van der Waals surface area contributed by atoms with Gasteiger partial charge >= 0.3 is 0 Å². The second kappa shape index (κ2) is 5.14. The van der Waals surface area contributed by atoms with Gasteiger partial charge in [-0.2, -0.15) is 4.98 Å². The van der Waals surface area contributed by atoms with E-state index in [2.05, 4.69) is 33.2 Å². The van der Waals surface area contributed by atoms with Crippen LogP contribution >= 0.6 is 0 Å². The molecule has 0 unspecified atom stereocenters. The minimum atomic E-state index is 0.753. The Morgan fingerprint density at radius 1 is 1.25 bits per heavy atom. The van der Waals surface area contributed by atoms with Crippen LogP contribution in [0, 0.1) is 6.92 Å². The smallest absolute Gasteiger partial charge is 0.224 e. The average Bonchev–Trinajstić information content (AvgIpc) is 2.30. The van der Waals surface area contributed by atoms with Gasteiger partial charge in [0.1, 0.15) is 5.82 Å². The number of anilines is 2. The van der Waals surface area contributed by atoms with Crippen molar-refractivity contribution in [2.24, 2.45) is 0 Å². The summed E-state index contributed by atoms with van der Waals surface area (Å²) in [6, 6.07) is 2.08. The van der Waals surface area contributed by atoms with Crippen molar-refractivity contribution in [2.75, 3.05) is 29.9 Å². The Labute approximate surface area is 97.1 Å². The van der Waals surface area contributed by atoms with E-state index < -0.39 is 0 Å². The molecule has 0 aliphatic carbocycles. The third-order valence-corrected chi connectivity index (χ3v) is 2.86. The van der Waals surface area contributed by atoms with E-state index in [1.54, 1.807) is 0 Å². The molecule has 2 heterocycles. The topological polar surface area (TPSA) is 41.1 Å². The molecule has 1 N–H and O–H groups in total. The first-order valence-corrected chi connectivity index (χ1v) is 6.14. The van der Waals surface area contributed by atoms with Crippen LogP contribution in [-0.2, 0) is 0 Å². The maximum absolute atomic E-state index is 4.55. The van der Waals surface area contributed by atoms with Crippen molar-refractivity contribution in [1.82, 2.24) is 9.97 Å². The van der Waals surface area contributed by atoms with E-state index in [4.69, 9.17) is 0 Å². The Balaban J connectivity index is 2.18. The molecule has 88 valence electrons. The SMILES string of the molecule is CCNc1nc(C)cc(N2CCCCC2)n1. The zero-order chi connectivity index (χ0) is 11.4. The molecule has 16 heavy (non-hydrogen) atoms. The van der Waals surface area contributed by atoms with Gasteiger partial charge in [0.05, 0.1) is 0 Å². The van der Waals surface area contributed by atoms with Gasteiger partial charge in [-0.05, 0) is 33.1 Å². The number of nitrogens with one attached hydrogen (secondary N) is 1. The molecule has 0 aromatic carbocycles. The Morgan fingerprint density at radius 2 is 2.00 bits per heavy atom. The van der Waals surface area contributed by atoms with Crippen molar-refractivity contribution in [1.29, 1.82) is 0 Å². The van der Waals surface area contributed by atoms with Crippen LogP contribution in [0.5, 0.6) is 0 Å².